The van der Waals surface area contributed by atoms with Gasteiger partial charge in [0.15, 0.2) is 0 Å². The zero-order valence-corrected chi connectivity index (χ0v) is 13.8. The van der Waals surface area contributed by atoms with Gasteiger partial charge in [0.1, 0.15) is 17.3 Å². The Kier molecular flexibility index (Phi) is 5.14. The number of rotatable bonds is 5. The molecule has 1 unspecified atom stereocenters. The molecule has 4 heteroatoms. The Morgan fingerprint density at radius 1 is 1.08 bits per heavy atom. The number of halogens is 1. The molecule has 0 heterocycles. The fourth-order valence-corrected chi connectivity index (χ4v) is 3.32. The van der Waals surface area contributed by atoms with Gasteiger partial charge in [-0.25, -0.2) is 4.39 Å². The van der Waals surface area contributed by atoms with Crippen LogP contribution in [0.1, 0.15) is 37.3 Å². The average molecular weight is 327 g/mol. The van der Waals surface area contributed by atoms with Gasteiger partial charge < -0.3 is 10.1 Å². The van der Waals surface area contributed by atoms with Crippen molar-refractivity contribution in [1.82, 2.24) is 0 Å². The zero-order chi connectivity index (χ0) is 16.9. The maximum absolute atomic E-state index is 13.3. The molecule has 24 heavy (non-hydrogen) atoms. The van der Waals surface area contributed by atoms with E-state index in [2.05, 4.69) is 5.32 Å². The standard InChI is InChI=1S/C20H22FNO2/c1-24-17-12-10-16(11-13-17)22-20(14-6-8-15(21)9-7-14)18-4-2-3-5-19(18)23/h6-13,18,20,22H,2-5H2,1H3/t18?,20-/m1/s1. The summed E-state index contributed by atoms with van der Waals surface area (Å²) in [6.07, 6.45) is 3.52. The van der Waals surface area contributed by atoms with Gasteiger partial charge in [-0.15, -0.1) is 0 Å². The van der Waals surface area contributed by atoms with Gasteiger partial charge in [0.25, 0.3) is 0 Å². The molecule has 1 aliphatic rings. The Bertz CT molecular complexity index is 682. The van der Waals surface area contributed by atoms with Crippen molar-refractivity contribution in [2.75, 3.05) is 12.4 Å². The van der Waals surface area contributed by atoms with E-state index in [0.717, 1.165) is 36.3 Å². The smallest absolute Gasteiger partial charge is 0.138 e. The van der Waals surface area contributed by atoms with Crippen LogP contribution in [0.25, 0.3) is 0 Å². The number of benzene rings is 2. The first-order valence-corrected chi connectivity index (χ1v) is 8.36. The topological polar surface area (TPSA) is 38.3 Å². The van der Waals surface area contributed by atoms with E-state index < -0.39 is 0 Å². The van der Waals surface area contributed by atoms with Crippen molar-refractivity contribution in [1.29, 1.82) is 0 Å². The fourth-order valence-electron chi connectivity index (χ4n) is 3.32. The molecular formula is C20H22FNO2. The Balaban J connectivity index is 1.88. The first kappa shape index (κ1) is 16.5. The number of ether oxygens (including phenoxy) is 1. The van der Waals surface area contributed by atoms with E-state index >= 15 is 0 Å². The molecule has 1 saturated carbocycles. The Morgan fingerprint density at radius 3 is 2.42 bits per heavy atom. The average Bonchev–Trinajstić information content (AvgIpc) is 2.62. The molecule has 0 saturated heterocycles. The third-order valence-corrected chi connectivity index (χ3v) is 4.65. The molecule has 3 nitrogen and oxygen atoms in total. The Labute approximate surface area is 141 Å². The molecule has 0 amide bonds. The lowest BCUT2D eigenvalue weighted by Gasteiger charge is -2.31. The number of hydrogen-bond acceptors (Lipinski definition) is 3. The minimum Gasteiger partial charge on any atom is -0.497 e. The summed E-state index contributed by atoms with van der Waals surface area (Å²) in [5.74, 6) is 0.729. The van der Waals surface area contributed by atoms with Crippen LogP contribution in [0, 0.1) is 11.7 Å². The summed E-state index contributed by atoms with van der Waals surface area (Å²) in [6, 6.07) is 13.9. The van der Waals surface area contributed by atoms with E-state index in [4.69, 9.17) is 4.74 Å². The summed E-state index contributed by atoms with van der Waals surface area (Å²) in [5.41, 5.74) is 1.86. The Morgan fingerprint density at radius 2 is 1.79 bits per heavy atom. The Hall–Kier alpha value is -2.36. The summed E-state index contributed by atoms with van der Waals surface area (Å²) in [7, 11) is 1.63. The highest BCUT2D eigenvalue weighted by molar-refractivity contribution is 5.83. The number of Topliss-reactive ketones (excluding diaryl/α,β-unsaturated/α-hetero) is 1. The maximum Gasteiger partial charge on any atom is 0.138 e. The summed E-state index contributed by atoms with van der Waals surface area (Å²) in [4.78, 5) is 12.4. The minimum absolute atomic E-state index is 0.0775. The molecule has 1 N–H and O–H groups in total. The molecule has 0 spiro atoms. The number of carbonyl (C=O) groups is 1. The van der Waals surface area contributed by atoms with E-state index in [1.807, 2.05) is 24.3 Å². The second-order valence-corrected chi connectivity index (χ2v) is 6.22. The minimum atomic E-state index is -0.267. The van der Waals surface area contributed by atoms with Crippen LogP contribution in [-0.4, -0.2) is 12.9 Å². The van der Waals surface area contributed by atoms with Crippen molar-refractivity contribution >= 4 is 11.5 Å². The van der Waals surface area contributed by atoms with E-state index in [1.54, 1.807) is 19.2 Å². The third-order valence-electron chi connectivity index (χ3n) is 4.65. The molecule has 0 bridgehead atoms. The number of ketones is 1. The number of anilines is 1. The van der Waals surface area contributed by atoms with Crippen molar-refractivity contribution < 1.29 is 13.9 Å². The lowest BCUT2D eigenvalue weighted by atomic mass is 9.80. The molecule has 2 aromatic carbocycles. The van der Waals surface area contributed by atoms with Gasteiger partial charge in [-0.2, -0.15) is 0 Å². The van der Waals surface area contributed by atoms with Gasteiger partial charge in [0.05, 0.1) is 13.2 Å². The quantitative estimate of drug-likeness (QED) is 0.861. The number of hydrogen-bond donors (Lipinski definition) is 1. The molecule has 126 valence electrons. The summed E-state index contributed by atoms with van der Waals surface area (Å²) in [6.45, 7) is 0. The van der Waals surface area contributed by atoms with Crippen LogP contribution in [0.5, 0.6) is 5.75 Å². The van der Waals surface area contributed by atoms with Crippen molar-refractivity contribution in [2.45, 2.75) is 31.7 Å². The second-order valence-electron chi connectivity index (χ2n) is 6.22. The molecule has 1 aliphatic carbocycles. The monoisotopic (exact) mass is 327 g/mol. The van der Waals surface area contributed by atoms with E-state index in [0.29, 0.717) is 6.42 Å². The highest BCUT2D eigenvalue weighted by Gasteiger charge is 2.31. The molecule has 3 rings (SSSR count). The fraction of sp³-hybridized carbons (Fsp3) is 0.350. The van der Waals surface area contributed by atoms with E-state index in [9.17, 15) is 9.18 Å². The third kappa shape index (κ3) is 3.75. The molecule has 2 aromatic rings. The molecule has 0 radical (unpaired) electrons. The highest BCUT2D eigenvalue weighted by Crippen LogP contribution is 2.35. The maximum atomic E-state index is 13.3. The van der Waals surface area contributed by atoms with E-state index in [-0.39, 0.29) is 23.6 Å². The summed E-state index contributed by atoms with van der Waals surface area (Å²) >= 11 is 0. The molecule has 0 aromatic heterocycles. The zero-order valence-electron chi connectivity index (χ0n) is 13.8. The van der Waals surface area contributed by atoms with Crippen LogP contribution >= 0.6 is 0 Å². The second kappa shape index (κ2) is 7.47. The number of methoxy groups -OCH3 is 1. The number of carbonyl (C=O) groups excluding carboxylic acids is 1. The lowest BCUT2D eigenvalue weighted by molar-refractivity contribution is -0.125. The van der Waals surface area contributed by atoms with Crippen LogP contribution < -0.4 is 10.1 Å². The first-order chi connectivity index (χ1) is 11.7. The summed E-state index contributed by atoms with van der Waals surface area (Å²) < 4.78 is 18.5. The molecular weight excluding hydrogens is 305 g/mol. The van der Waals surface area contributed by atoms with Crippen molar-refractivity contribution in [3.63, 3.8) is 0 Å². The predicted octanol–water partition coefficient (Wildman–Crippen LogP) is 4.75. The SMILES string of the molecule is COc1ccc(N[C@H](c2ccc(F)cc2)C2CCCCC2=O)cc1. The van der Waals surface area contributed by atoms with Crippen molar-refractivity contribution in [3.8, 4) is 5.75 Å². The van der Waals surface area contributed by atoms with Gasteiger partial charge in [0, 0.05) is 18.0 Å². The predicted molar refractivity (Wildman–Crippen MR) is 92.7 cm³/mol. The number of nitrogens with one attached hydrogen (secondary N) is 1. The van der Waals surface area contributed by atoms with Gasteiger partial charge in [-0.1, -0.05) is 18.6 Å². The van der Waals surface area contributed by atoms with Crippen LogP contribution in [-0.2, 0) is 4.79 Å². The normalized spacial score (nSPS) is 18.9. The van der Waals surface area contributed by atoms with Crippen LogP contribution in [0.2, 0.25) is 0 Å². The van der Waals surface area contributed by atoms with Crippen molar-refractivity contribution in [2.24, 2.45) is 5.92 Å². The van der Waals surface area contributed by atoms with Crippen LogP contribution in [0.3, 0.4) is 0 Å². The van der Waals surface area contributed by atoms with E-state index in [1.165, 1.54) is 12.1 Å². The largest absolute Gasteiger partial charge is 0.497 e. The van der Waals surface area contributed by atoms with Gasteiger partial charge in [-0.05, 0) is 54.8 Å². The van der Waals surface area contributed by atoms with Gasteiger partial charge >= 0.3 is 0 Å². The molecule has 2 atom stereocenters. The molecule has 1 fully saturated rings. The van der Waals surface area contributed by atoms with Crippen LogP contribution in [0.4, 0.5) is 10.1 Å². The lowest BCUT2D eigenvalue weighted by Crippen LogP contribution is -2.30. The van der Waals surface area contributed by atoms with Gasteiger partial charge in [-0.3, -0.25) is 4.79 Å². The first-order valence-electron chi connectivity index (χ1n) is 8.36. The summed E-state index contributed by atoms with van der Waals surface area (Å²) in [5, 5.41) is 3.47. The van der Waals surface area contributed by atoms with Crippen LogP contribution in [0.15, 0.2) is 48.5 Å². The van der Waals surface area contributed by atoms with Crippen molar-refractivity contribution in [3.05, 3.63) is 59.9 Å². The molecule has 0 aliphatic heterocycles. The van der Waals surface area contributed by atoms with Gasteiger partial charge in [0.2, 0.25) is 0 Å². The highest BCUT2D eigenvalue weighted by atomic mass is 19.1.